The number of hydrogen-bond donors (Lipinski definition) is 1. The smallest absolute Gasteiger partial charge is 0.301 e. The number of para-hydroxylation sites is 1. The highest BCUT2D eigenvalue weighted by Crippen LogP contribution is 2.13. The van der Waals surface area contributed by atoms with Crippen LogP contribution in [0.15, 0.2) is 42.6 Å². The summed E-state index contributed by atoms with van der Waals surface area (Å²) in [6.45, 7) is -1.59. The Bertz CT molecular complexity index is 578. The van der Waals surface area contributed by atoms with E-state index in [1.807, 2.05) is 6.07 Å². The first-order valence-electron chi connectivity index (χ1n) is 5.87. The SMILES string of the molecule is O=C(CNCC(F)(F)F)c1ccnn1-c1ccccc1. The van der Waals surface area contributed by atoms with Crippen LogP contribution in [0.3, 0.4) is 0 Å². The fourth-order valence-electron chi connectivity index (χ4n) is 1.70. The van der Waals surface area contributed by atoms with E-state index in [1.54, 1.807) is 24.3 Å². The molecule has 4 nitrogen and oxygen atoms in total. The molecule has 0 amide bonds. The van der Waals surface area contributed by atoms with Gasteiger partial charge in [0, 0.05) is 0 Å². The van der Waals surface area contributed by atoms with Crippen LogP contribution in [0, 0.1) is 0 Å². The first kappa shape index (κ1) is 14.3. The van der Waals surface area contributed by atoms with Gasteiger partial charge in [-0.15, -0.1) is 0 Å². The number of benzene rings is 1. The van der Waals surface area contributed by atoms with E-state index in [2.05, 4.69) is 10.4 Å². The van der Waals surface area contributed by atoms with Crippen LogP contribution in [0.1, 0.15) is 10.5 Å². The molecule has 1 heterocycles. The number of Topliss-reactive ketones (excluding diaryl/α,β-unsaturated/α-hetero) is 1. The van der Waals surface area contributed by atoms with Gasteiger partial charge >= 0.3 is 6.18 Å². The molecule has 0 spiro atoms. The lowest BCUT2D eigenvalue weighted by molar-refractivity contribution is -0.124. The molecule has 0 bridgehead atoms. The summed E-state index contributed by atoms with van der Waals surface area (Å²) in [5.41, 5.74) is 0.919. The van der Waals surface area contributed by atoms with Gasteiger partial charge < -0.3 is 5.32 Å². The first-order valence-corrected chi connectivity index (χ1v) is 5.87. The summed E-state index contributed by atoms with van der Waals surface area (Å²) < 4.78 is 37.4. The number of ketones is 1. The van der Waals surface area contributed by atoms with E-state index < -0.39 is 25.0 Å². The Balaban J connectivity index is 2.07. The van der Waals surface area contributed by atoms with Crippen molar-refractivity contribution in [2.75, 3.05) is 13.1 Å². The van der Waals surface area contributed by atoms with Crippen LogP contribution >= 0.6 is 0 Å². The Labute approximate surface area is 113 Å². The lowest BCUT2D eigenvalue weighted by Crippen LogP contribution is -2.33. The molecule has 0 aliphatic heterocycles. The van der Waals surface area contributed by atoms with E-state index in [0.717, 1.165) is 0 Å². The molecule has 106 valence electrons. The molecule has 2 aromatic rings. The lowest BCUT2D eigenvalue weighted by Gasteiger charge is -2.09. The Morgan fingerprint density at radius 3 is 2.55 bits per heavy atom. The minimum Gasteiger partial charge on any atom is -0.301 e. The summed E-state index contributed by atoms with van der Waals surface area (Å²) in [5, 5.41) is 6.09. The Morgan fingerprint density at radius 2 is 1.90 bits per heavy atom. The molecule has 0 radical (unpaired) electrons. The molecule has 0 aliphatic carbocycles. The van der Waals surface area contributed by atoms with Crippen molar-refractivity contribution in [3.8, 4) is 5.69 Å². The molecular formula is C13H12F3N3O. The summed E-state index contributed by atoms with van der Waals surface area (Å²) >= 11 is 0. The van der Waals surface area contributed by atoms with Gasteiger partial charge in [0.05, 0.1) is 25.0 Å². The predicted octanol–water partition coefficient (Wildman–Crippen LogP) is 2.21. The number of carbonyl (C=O) groups is 1. The number of halogens is 3. The average Bonchev–Trinajstić information content (AvgIpc) is 2.87. The average molecular weight is 283 g/mol. The van der Waals surface area contributed by atoms with Crippen molar-refractivity contribution in [1.82, 2.24) is 15.1 Å². The van der Waals surface area contributed by atoms with Crippen molar-refractivity contribution in [1.29, 1.82) is 0 Å². The molecule has 0 atom stereocenters. The van der Waals surface area contributed by atoms with Crippen LogP contribution in [-0.4, -0.2) is 34.8 Å². The molecule has 0 saturated carbocycles. The van der Waals surface area contributed by atoms with E-state index in [9.17, 15) is 18.0 Å². The van der Waals surface area contributed by atoms with E-state index in [-0.39, 0.29) is 5.69 Å². The maximum atomic E-state index is 12.0. The second-order valence-corrected chi connectivity index (χ2v) is 4.11. The molecule has 0 saturated heterocycles. The highest BCUT2D eigenvalue weighted by Gasteiger charge is 2.26. The highest BCUT2D eigenvalue weighted by atomic mass is 19.4. The summed E-state index contributed by atoms with van der Waals surface area (Å²) in [4.78, 5) is 11.9. The zero-order chi connectivity index (χ0) is 14.6. The number of nitrogens with zero attached hydrogens (tertiary/aromatic N) is 2. The Kier molecular flexibility index (Phi) is 4.19. The third kappa shape index (κ3) is 3.67. The monoisotopic (exact) mass is 283 g/mol. The number of rotatable bonds is 5. The standard InChI is InChI=1S/C13H12F3N3O/c14-13(15,16)9-17-8-12(20)11-6-7-18-19(11)10-4-2-1-3-5-10/h1-7,17H,8-9H2. The normalized spacial score (nSPS) is 11.6. The zero-order valence-corrected chi connectivity index (χ0v) is 10.4. The van der Waals surface area contributed by atoms with Crippen molar-refractivity contribution in [2.45, 2.75) is 6.18 Å². The van der Waals surface area contributed by atoms with Gasteiger partial charge in [0.25, 0.3) is 0 Å². The van der Waals surface area contributed by atoms with Crippen LogP contribution in [0.2, 0.25) is 0 Å². The Hall–Kier alpha value is -2.15. The number of nitrogens with one attached hydrogen (secondary N) is 1. The molecule has 1 N–H and O–H groups in total. The van der Waals surface area contributed by atoms with Gasteiger partial charge in [-0.1, -0.05) is 18.2 Å². The van der Waals surface area contributed by atoms with Crippen molar-refractivity contribution in [3.63, 3.8) is 0 Å². The number of carbonyl (C=O) groups excluding carboxylic acids is 1. The third-order valence-electron chi connectivity index (χ3n) is 2.54. The number of aromatic nitrogens is 2. The van der Waals surface area contributed by atoms with E-state index in [0.29, 0.717) is 5.69 Å². The van der Waals surface area contributed by atoms with E-state index >= 15 is 0 Å². The fraction of sp³-hybridized carbons (Fsp3) is 0.231. The van der Waals surface area contributed by atoms with Gasteiger partial charge in [-0.3, -0.25) is 4.79 Å². The summed E-state index contributed by atoms with van der Waals surface area (Å²) in [6, 6.07) is 10.4. The van der Waals surface area contributed by atoms with Crippen LogP contribution in [0.4, 0.5) is 13.2 Å². The van der Waals surface area contributed by atoms with E-state index in [4.69, 9.17) is 0 Å². The van der Waals surface area contributed by atoms with Crippen molar-refractivity contribution in [2.24, 2.45) is 0 Å². The maximum Gasteiger partial charge on any atom is 0.401 e. The van der Waals surface area contributed by atoms with Crippen LogP contribution < -0.4 is 5.32 Å². The lowest BCUT2D eigenvalue weighted by atomic mass is 10.2. The van der Waals surface area contributed by atoms with Gasteiger partial charge in [-0.2, -0.15) is 18.3 Å². The van der Waals surface area contributed by atoms with Crippen molar-refractivity contribution >= 4 is 5.78 Å². The molecular weight excluding hydrogens is 271 g/mol. The minimum absolute atomic E-state index is 0.242. The maximum absolute atomic E-state index is 12.0. The summed E-state index contributed by atoms with van der Waals surface area (Å²) in [6.07, 6.45) is -2.90. The molecule has 1 aromatic heterocycles. The fourth-order valence-corrected chi connectivity index (χ4v) is 1.70. The molecule has 7 heteroatoms. The Morgan fingerprint density at radius 1 is 1.20 bits per heavy atom. The molecule has 0 aliphatic rings. The largest absolute Gasteiger partial charge is 0.401 e. The number of hydrogen-bond acceptors (Lipinski definition) is 3. The van der Waals surface area contributed by atoms with Crippen molar-refractivity contribution in [3.05, 3.63) is 48.3 Å². The van der Waals surface area contributed by atoms with E-state index in [1.165, 1.54) is 16.9 Å². The van der Waals surface area contributed by atoms with Crippen LogP contribution in [-0.2, 0) is 0 Å². The van der Waals surface area contributed by atoms with Gasteiger partial charge in [0.15, 0.2) is 5.78 Å². The molecule has 2 rings (SSSR count). The van der Waals surface area contributed by atoms with Gasteiger partial charge in [-0.25, -0.2) is 4.68 Å². The third-order valence-corrected chi connectivity index (χ3v) is 2.54. The first-order chi connectivity index (χ1) is 9.47. The second kappa shape index (κ2) is 5.87. The molecule has 0 fully saturated rings. The highest BCUT2D eigenvalue weighted by molar-refractivity contribution is 5.96. The molecule has 1 aromatic carbocycles. The summed E-state index contributed by atoms with van der Waals surface area (Å²) in [5.74, 6) is -0.449. The second-order valence-electron chi connectivity index (χ2n) is 4.11. The zero-order valence-electron chi connectivity index (χ0n) is 10.4. The number of alkyl halides is 3. The predicted molar refractivity (Wildman–Crippen MR) is 66.8 cm³/mol. The van der Waals surface area contributed by atoms with Crippen LogP contribution in [0.5, 0.6) is 0 Å². The molecule has 20 heavy (non-hydrogen) atoms. The van der Waals surface area contributed by atoms with Crippen LogP contribution in [0.25, 0.3) is 5.69 Å². The van der Waals surface area contributed by atoms with Gasteiger partial charge in [-0.05, 0) is 18.2 Å². The summed E-state index contributed by atoms with van der Waals surface area (Å²) in [7, 11) is 0. The van der Waals surface area contributed by atoms with Gasteiger partial charge in [0.1, 0.15) is 5.69 Å². The quantitative estimate of drug-likeness (QED) is 0.856. The topological polar surface area (TPSA) is 46.9 Å². The van der Waals surface area contributed by atoms with Crippen molar-refractivity contribution < 1.29 is 18.0 Å². The minimum atomic E-state index is -4.33. The van der Waals surface area contributed by atoms with Gasteiger partial charge in [0.2, 0.25) is 0 Å². The molecule has 0 unspecified atom stereocenters.